The molecule has 0 bridgehead atoms. The molecule has 218 valence electrons. The molecule has 0 fully saturated rings. The van der Waals surface area contributed by atoms with Crippen molar-refractivity contribution in [2.24, 2.45) is 0 Å². The summed E-state index contributed by atoms with van der Waals surface area (Å²) in [5.74, 6) is 0. The Morgan fingerprint density at radius 2 is 1.22 bits per heavy atom. The molecule has 0 aliphatic rings. The molecule has 0 aliphatic heterocycles. The van der Waals surface area contributed by atoms with Crippen molar-refractivity contribution < 1.29 is 4.42 Å². The van der Waals surface area contributed by atoms with E-state index in [1.54, 1.807) is 0 Å². The Hall–Kier alpha value is -6.12. The predicted octanol–water partition coefficient (Wildman–Crippen LogP) is 10.7. The summed E-state index contributed by atoms with van der Waals surface area (Å²) in [6, 6.07) is 55.6. The number of benzene rings is 7. The lowest BCUT2D eigenvalue weighted by Gasteiger charge is -2.28. The summed E-state index contributed by atoms with van der Waals surface area (Å²) in [5, 5.41) is 6.83. The maximum absolute atomic E-state index is 6.28. The number of nitrogens with zero attached hydrogens (tertiary/aromatic N) is 1. The molecule has 0 unspecified atom stereocenters. The molecule has 46 heavy (non-hydrogen) atoms. The van der Waals surface area contributed by atoms with E-state index in [1.807, 2.05) is 30.3 Å². The van der Waals surface area contributed by atoms with Gasteiger partial charge >= 0.3 is 0 Å². The molecule has 1 aromatic heterocycles. The highest BCUT2D eigenvalue weighted by Crippen LogP contribution is 2.42. The van der Waals surface area contributed by atoms with Crippen LogP contribution in [0.25, 0.3) is 55.8 Å². The van der Waals surface area contributed by atoms with Gasteiger partial charge in [-0.25, -0.2) is 0 Å². The van der Waals surface area contributed by atoms with E-state index in [4.69, 9.17) is 4.42 Å². The van der Waals surface area contributed by atoms with E-state index in [9.17, 15) is 0 Å². The Labute approximate surface area is 268 Å². The summed E-state index contributed by atoms with van der Waals surface area (Å²) in [6.07, 6.45) is 1.86. The van der Waals surface area contributed by atoms with Crippen molar-refractivity contribution in [2.45, 2.75) is 0 Å². The minimum absolute atomic E-state index is 0.747. The SMILES string of the molecule is C=C/C(c1ccc(N(c2ccc3c(ccc4ccccc43)c2)c2ccccc2-c2ccccc2)cc1)=c1/oc2ccccc2c1=C. The van der Waals surface area contributed by atoms with Gasteiger partial charge in [0.05, 0.1) is 5.69 Å². The van der Waals surface area contributed by atoms with E-state index >= 15 is 0 Å². The number of furan rings is 1. The topological polar surface area (TPSA) is 16.4 Å². The molecule has 8 rings (SSSR count). The quantitative estimate of drug-likeness (QED) is 0.179. The standard InChI is InChI=1S/C44H31NO/c1-3-37(44-30(2)38-16-10-12-20-43(38)46-44)33-23-25-35(26-24-33)45(42-19-11-9-18-41(42)31-13-5-4-6-14-31)36-27-28-40-34(29-36)22-21-32-15-7-8-17-39(32)40/h3-29H,1-2H2/b44-37-. The molecule has 7 aromatic carbocycles. The maximum Gasteiger partial charge on any atom is 0.142 e. The first kappa shape index (κ1) is 27.4. The molecule has 2 heteroatoms. The summed E-state index contributed by atoms with van der Waals surface area (Å²) in [6.45, 7) is 8.48. The molecule has 0 saturated carbocycles. The monoisotopic (exact) mass is 589 g/mol. The fourth-order valence-electron chi connectivity index (χ4n) is 6.55. The molecular formula is C44H31NO. The smallest absolute Gasteiger partial charge is 0.142 e. The highest BCUT2D eigenvalue weighted by atomic mass is 16.3. The molecular weight excluding hydrogens is 558 g/mol. The van der Waals surface area contributed by atoms with Gasteiger partial charge in [-0.1, -0.05) is 141 Å². The van der Waals surface area contributed by atoms with Crippen LogP contribution >= 0.6 is 0 Å². The van der Waals surface area contributed by atoms with Crippen LogP contribution in [-0.4, -0.2) is 0 Å². The highest BCUT2D eigenvalue weighted by molar-refractivity contribution is 6.08. The Bertz CT molecular complexity index is 2510. The molecule has 0 aliphatic carbocycles. The zero-order chi connectivity index (χ0) is 31.0. The van der Waals surface area contributed by atoms with Gasteiger partial charge in [0, 0.05) is 33.1 Å². The van der Waals surface area contributed by atoms with Crippen molar-refractivity contribution in [1.82, 2.24) is 0 Å². The van der Waals surface area contributed by atoms with Crippen molar-refractivity contribution in [3.8, 4) is 11.1 Å². The van der Waals surface area contributed by atoms with Crippen LogP contribution in [0.2, 0.25) is 0 Å². The second kappa shape index (κ2) is 11.4. The van der Waals surface area contributed by atoms with Gasteiger partial charge in [0.15, 0.2) is 0 Å². The van der Waals surface area contributed by atoms with Gasteiger partial charge in [-0.05, 0) is 69.1 Å². The number of hydrogen-bond acceptors (Lipinski definition) is 2. The van der Waals surface area contributed by atoms with E-state index in [0.29, 0.717) is 0 Å². The first-order valence-electron chi connectivity index (χ1n) is 15.5. The van der Waals surface area contributed by atoms with E-state index in [0.717, 1.165) is 55.4 Å². The number of fused-ring (bicyclic) bond motifs is 4. The molecule has 0 saturated heterocycles. The number of anilines is 3. The second-order valence-electron chi connectivity index (χ2n) is 11.5. The van der Waals surface area contributed by atoms with E-state index < -0.39 is 0 Å². The maximum atomic E-state index is 6.28. The van der Waals surface area contributed by atoms with Crippen molar-refractivity contribution in [3.05, 3.63) is 187 Å². The fourth-order valence-corrected chi connectivity index (χ4v) is 6.55. The molecule has 0 radical (unpaired) electrons. The average Bonchev–Trinajstić information content (AvgIpc) is 3.45. The lowest BCUT2D eigenvalue weighted by Crippen LogP contribution is -2.21. The van der Waals surface area contributed by atoms with Crippen molar-refractivity contribution in [1.29, 1.82) is 0 Å². The van der Waals surface area contributed by atoms with Gasteiger partial charge < -0.3 is 9.32 Å². The van der Waals surface area contributed by atoms with Crippen LogP contribution in [0.15, 0.2) is 175 Å². The predicted molar refractivity (Wildman–Crippen MR) is 195 cm³/mol. The van der Waals surface area contributed by atoms with Crippen LogP contribution in [0.4, 0.5) is 17.1 Å². The summed E-state index contributed by atoms with van der Waals surface area (Å²) in [5.41, 5.74) is 9.08. The molecule has 1 heterocycles. The van der Waals surface area contributed by atoms with Gasteiger partial charge in [0.2, 0.25) is 0 Å². The average molecular weight is 590 g/mol. The normalized spacial score (nSPS) is 12.0. The molecule has 0 atom stereocenters. The van der Waals surface area contributed by atoms with Crippen molar-refractivity contribution in [3.63, 3.8) is 0 Å². The number of para-hydroxylation sites is 2. The third-order valence-electron chi connectivity index (χ3n) is 8.80. The van der Waals surface area contributed by atoms with Crippen molar-refractivity contribution in [2.75, 3.05) is 4.90 Å². The zero-order valence-corrected chi connectivity index (χ0v) is 25.4. The minimum Gasteiger partial charge on any atom is -0.455 e. The Morgan fingerprint density at radius 3 is 2.02 bits per heavy atom. The summed E-state index contributed by atoms with van der Waals surface area (Å²) in [4.78, 5) is 2.35. The summed E-state index contributed by atoms with van der Waals surface area (Å²) < 4.78 is 6.28. The van der Waals surface area contributed by atoms with Crippen LogP contribution in [0.1, 0.15) is 5.56 Å². The minimum atomic E-state index is 0.747. The van der Waals surface area contributed by atoms with Crippen molar-refractivity contribution >= 4 is 61.7 Å². The number of rotatable bonds is 6. The number of hydrogen-bond donors (Lipinski definition) is 0. The molecule has 0 spiro atoms. The fraction of sp³-hybridized carbons (Fsp3) is 0. The lowest BCUT2D eigenvalue weighted by molar-refractivity contribution is 0.573. The Morgan fingerprint density at radius 1 is 0.565 bits per heavy atom. The first-order chi connectivity index (χ1) is 22.7. The van der Waals surface area contributed by atoms with Gasteiger partial charge in [-0.15, -0.1) is 0 Å². The summed E-state index contributed by atoms with van der Waals surface area (Å²) in [7, 11) is 0. The van der Waals surface area contributed by atoms with Gasteiger partial charge in [0.1, 0.15) is 11.0 Å². The zero-order valence-electron chi connectivity index (χ0n) is 25.4. The largest absolute Gasteiger partial charge is 0.455 e. The molecule has 8 aromatic rings. The van der Waals surface area contributed by atoms with Gasteiger partial charge in [-0.3, -0.25) is 0 Å². The summed E-state index contributed by atoms with van der Waals surface area (Å²) >= 11 is 0. The van der Waals surface area contributed by atoms with E-state index in [2.05, 4.69) is 152 Å². The molecule has 2 nitrogen and oxygen atoms in total. The van der Waals surface area contributed by atoms with Gasteiger partial charge in [0.25, 0.3) is 0 Å². The second-order valence-corrected chi connectivity index (χ2v) is 11.5. The third kappa shape index (κ3) is 4.68. The van der Waals surface area contributed by atoms with Crippen LogP contribution in [0.3, 0.4) is 0 Å². The van der Waals surface area contributed by atoms with Crippen LogP contribution in [0.5, 0.6) is 0 Å². The van der Waals surface area contributed by atoms with Gasteiger partial charge in [-0.2, -0.15) is 0 Å². The Balaban J connectivity index is 1.31. The molecule has 0 amide bonds. The molecule has 0 N–H and O–H groups in total. The van der Waals surface area contributed by atoms with Crippen LogP contribution in [0, 0.1) is 0 Å². The Kier molecular flexibility index (Phi) is 6.81. The van der Waals surface area contributed by atoms with Crippen LogP contribution < -0.4 is 15.5 Å². The lowest BCUT2D eigenvalue weighted by atomic mass is 9.99. The number of allylic oxidation sites excluding steroid dienone is 1. The van der Waals surface area contributed by atoms with Crippen LogP contribution in [-0.2, 0) is 0 Å². The van der Waals surface area contributed by atoms with E-state index in [1.165, 1.54) is 27.1 Å². The highest BCUT2D eigenvalue weighted by Gasteiger charge is 2.18. The third-order valence-corrected chi connectivity index (χ3v) is 8.80. The van der Waals surface area contributed by atoms with E-state index in [-0.39, 0.29) is 0 Å². The first-order valence-corrected chi connectivity index (χ1v) is 15.5.